The Labute approximate surface area is 164 Å². The number of benzene rings is 2. The van der Waals surface area contributed by atoms with E-state index in [0.29, 0.717) is 28.6 Å². The van der Waals surface area contributed by atoms with Crippen LogP contribution in [0.2, 0.25) is 0 Å². The summed E-state index contributed by atoms with van der Waals surface area (Å²) in [7, 11) is 3.09. The molecule has 0 aliphatic heterocycles. The van der Waals surface area contributed by atoms with E-state index in [1.54, 1.807) is 44.7 Å². The highest BCUT2D eigenvalue weighted by Crippen LogP contribution is 2.23. The molecule has 0 atom stereocenters. The molecule has 0 saturated carbocycles. The number of carbonyl (C=O) groups is 1. The van der Waals surface area contributed by atoms with Crippen LogP contribution in [0.1, 0.15) is 22.8 Å². The van der Waals surface area contributed by atoms with E-state index in [9.17, 15) is 4.79 Å². The highest BCUT2D eigenvalue weighted by atomic mass is 16.5. The molecule has 0 saturated heterocycles. The predicted molar refractivity (Wildman–Crippen MR) is 111 cm³/mol. The Morgan fingerprint density at radius 3 is 2.11 bits per heavy atom. The van der Waals surface area contributed by atoms with Crippen LogP contribution in [-0.2, 0) is 6.42 Å². The number of hydrogen-bond acceptors (Lipinski definition) is 5. The molecule has 0 radical (unpaired) electrons. The summed E-state index contributed by atoms with van der Waals surface area (Å²) in [5.41, 5.74) is 3.28. The first-order valence-electron chi connectivity index (χ1n) is 8.97. The summed E-state index contributed by atoms with van der Waals surface area (Å²) in [5, 5.41) is 6.07. The van der Waals surface area contributed by atoms with Gasteiger partial charge in [0.25, 0.3) is 5.91 Å². The van der Waals surface area contributed by atoms with Crippen molar-refractivity contribution in [2.75, 3.05) is 24.9 Å². The van der Waals surface area contributed by atoms with Gasteiger partial charge in [-0.3, -0.25) is 4.79 Å². The standard InChI is InChI=1S/C22H23N3O3/c1-4-15-5-7-17(8-6-15)24-21-10-9-18(14-23-21)25-22(26)16-11-19(27-2)13-20(12-16)28-3/h5-14H,4H2,1-3H3,(H,23,24)(H,25,26). The van der Waals surface area contributed by atoms with E-state index in [1.165, 1.54) is 5.56 Å². The van der Waals surface area contributed by atoms with Gasteiger partial charge >= 0.3 is 0 Å². The number of aromatic nitrogens is 1. The second kappa shape index (κ2) is 8.90. The molecule has 0 fully saturated rings. The normalized spacial score (nSPS) is 10.2. The Morgan fingerprint density at radius 2 is 1.57 bits per heavy atom. The number of methoxy groups -OCH3 is 2. The summed E-state index contributed by atoms with van der Waals surface area (Å²) in [4.78, 5) is 16.9. The molecule has 0 spiro atoms. The van der Waals surface area contributed by atoms with Crippen molar-refractivity contribution in [3.8, 4) is 11.5 Å². The fraction of sp³-hybridized carbons (Fsp3) is 0.182. The van der Waals surface area contributed by atoms with Crippen molar-refractivity contribution in [2.45, 2.75) is 13.3 Å². The molecule has 144 valence electrons. The van der Waals surface area contributed by atoms with Crippen LogP contribution < -0.4 is 20.1 Å². The Morgan fingerprint density at radius 1 is 0.929 bits per heavy atom. The maximum absolute atomic E-state index is 12.5. The van der Waals surface area contributed by atoms with Gasteiger partial charge in [0.15, 0.2) is 0 Å². The molecule has 0 aliphatic rings. The van der Waals surface area contributed by atoms with E-state index in [2.05, 4.69) is 34.7 Å². The number of hydrogen-bond donors (Lipinski definition) is 2. The third-order valence-corrected chi connectivity index (χ3v) is 4.27. The summed E-state index contributed by atoms with van der Waals surface area (Å²) in [6.45, 7) is 2.12. The van der Waals surface area contributed by atoms with Gasteiger partial charge < -0.3 is 20.1 Å². The SMILES string of the molecule is CCc1ccc(Nc2ccc(NC(=O)c3cc(OC)cc(OC)c3)cn2)cc1. The van der Waals surface area contributed by atoms with Crippen molar-refractivity contribution in [3.05, 3.63) is 71.9 Å². The van der Waals surface area contributed by atoms with E-state index in [4.69, 9.17) is 9.47 Å². The van der Waals surface area contributed by atoms with Crippen molar-refractivity contribution >= 4 is 23.1 Å². The number of nitrogens with one attached hydrogen (secondary N) is 2. The van der Waals surface area contributed by atoms with Crippen LogP contribution in [0.5, 0.6) is 11.5 Å². The first-order chi connectivity index (χ1) is 13.6. The van der Waals surface area contributed by atoms with Gasteiger partial charge in [-0.1, -0.05) is 19.1 Å². The summed E-state index contributed by atoms with van der Waals surface area (Å²) in [6.07, 6.45) is 2.62. The lowest BCUT2D eigenvalue weighted by atomic mass is 10.1. The minimum absolute atomic E-state index is 0.269. The molecule has 2 aromatic carbocycles. The van der Waals surface area contributed by atoms with Gasteiger partial charge in [-0.15, -0.1) is 0 Å². The molecule has 28 heavy (non-hydrogen) atoms. The number of rotatable bonds is 7. The lowest BCUT2D eigenvalue weighted by molar-refractivity contribution is 0.102. The minimum atomic E-state index is -0.269. The molecule has 0 bridgehead atoms. The fourth-order valence-corrected chi connectivity index (χ4v) is 2.66. The second-order valence-electron chi connectivity index (χ2n) is 6.16. The molecule has 6 heteroatoms. The number of ether oxygens (including phenoxy) is 2. The van der Waals surface area contributed by atoms with Crippen LogP contribution in [0.25, 0.3) is 0 Å². The predicted octanol–water partition coefficient (Wildman–Crippen LogP) is 4.66. The molecule has 6 nitrogen and oxygen atoms in total. The summed E-state index contributed by atoms with van der Waals surface area (Å²) < 4.78 is 10.4. The quantitative estimate of drug-likeness (QED) is 0.627. The van der Waals surface area contributed by atoms with Gasteiger partial charge in [-0.05, 0) is 48.4 Å². The van der Waals surface area contributed by atoms with E-state index in [0.717, 1.165) is 12.1 Å². The van der Waals surface area contributed by atoms with Crippen LogP contribution in [0, 0.1) is 0 Å². The Balaban J connectivity index is 1.67. The zero-order valence-electron chi connectivity index (χ0n) is 16.2. The molecule has 3 aromatic rings. The van der Waals surface area contributed by atoms with Crippen molar-refractivity contribution in [1.82, 2.24) is 4.98 Å². The van der Waals surface area contributed by atoms with E-state index in [-0.39, 0.29) is 5.91 Å². The molecule has 1 aromatic heterocycles. The first kappa shape index (κ1) is 19.2. The maximum Gasteiger partial charge on any atom is 0.255 e. The molecule has 0 unspecified atom stereocenters. The van der Waals surface area contributed by atoms with E-state index < -0.39 is 0 Å². The van der Waals surface area contributed by atoms with Gasteiger partial charge in [-0.25, -0.2) is 4.98 Å². The molecule has 2 N–H and O–H groups in total. The minimum Gasteiger partial charge on any atom is -0.497 e. The van der Waals surface area contributed by atoms with Crippen LogP contribution in [0.3, 0.4) is 0 Å². The second-order valence-corrected chi connectivity index (χ2v) is 6.16. The number of nitrogens with zero attached hydrogens (tertiary/aromatic N) is 1. The maximum atomic E-state index is 12.5. The number of carbonyl (C=O) groups excluding carboxylic acids is 1. The molecule has 3 rings (SSSR count). The van der Waals surface area contributed by atoms with Gasteiger partial charge in [0.05, 0.1) is 26.1 Å². The topological polar surface area (TPSA) is 72.5 Å². The van der Waals surface area contributed by atoms with Gasteiger partial charge in [0.1, 0.15) is 17.3 Å². The van der Waals surface area contributed by atoms with Crippen LogP contribution in [0.4, 0.5) is 17.2 Å². The van der Waals surface area contributed by atoms with Gasteiger partial charge in [-0.2, -0.15) is 0 Å². The third kappa shape index (κ3) is 4.79. The smallest absolute Gasteiger partial charge is 0.255 e. The summed E-state index contributed by atoms with van der Waals surface area (Å²) in [6, 6.07) is 16.8. The monoisotopic (exact) mass is 377 g/mol. The zero-order valence-corrected chi connectivity index (χ0v) is 16.2. The van der Waals surface area contributed by atoms with E-state index >= 15 is 0 Å². The lowest BCUT2D eigenvalue weighted by Crippen LogP contribution is -2.12. The van der Waals surface area contributed by atoms with Crippen LogP contribution >= 0.6 is 0 Å². The molecular formula is C22H23N3O3. The average molecular weight is 377 g/mol. The molecule has 1 amide bonds. The van der Waals surface area contributed by atoms with Gasteiger partial charge in [0.2, 0.25) is 0 Å². The van der Waals surface area contributed by atoms with Crippen molar-refractivity contribution in [3.63, 3.8) is 0 Å². The highest BCUT2D eigenvalue weighted by Gasteiger charge is 2.10. The Kier molecular flexibility index (Phi) is 6.11. The van der Waals surface area contributed by atoms with Crippen molar-refractivity contribution < 1.29 is 14.3 Å². The van der Waals surface area contributed by atoms with Crippen LogP contribution in [0.15, 0.2) is 60.8 Å². The Hall–Kier alpha value is -3.54. The summed E-state index contributed by atoms with van der Waals surface area (Å²) in [5.74, 6) is 1.53. The highest BCUT2D eigenvalue weighted by molar-refractivity contribution is 6.04. The molecule has 0 aliphatic carbocycles. The zero-order chi connectivity index (χ0) is 19.9. The number of anilines is 3. The van der Waals surface area contributed by atoms with Crippen molar-refractivity contribution in [1.29, 1.82) is 0 Å². The largest absolute Gasteiger partial charge is 0.497 e. The summed E-state index contributed by atoms with van der Waals surface area (Å²) >= 11 is 0. The number of aryl methyl sites for hydroxylation is 1. The number of amides is 1. The van der Waals surface area contributed by atoms with Gasteiger partial charge in [0, 0.05) is 17.3 Å². The molecule has 1 heterocycles. The molecular weight excluding hydrogens is 354 g/mol. The lowest BCUT2D eigenvalue weighted by Gasteiger charge is -2.10. The van der Waals surface area contributed by atoms with Crippen LogP contribution in [-0.4, -0.2) is 25.1 Å². The Bertz CT molecular complexity index is 916. The van der Waals surface area contributed by atoms with Crippen molar-refractivity contribution in [2.24, 2.45) is 0 Å². The first-order valence-corrected chi connectivity index (χ1v) is 8.97. The average Bonchev–Trinajstić information content (AvgIpc) is 2.75. The van der Waals surface area contributed by atoms with E-state index in [1.807, 2.05) is 18.2 Å². The number of pyridine rings is 1. The third-order valence-electron chi connectivity index (χ3n) is 4.27. The fourth-order valence-electron chi connectivity index (χ4n) is 2.66.